The fourth-order valence-corrected chi connectivity index (χ4v) is 3.04. The Balaban J connectivity index is 0.00000392. The first kappa shape index (κ1) is 24.7. The Morgan fingerprint density at radius 3 is 2.54 bits per heavy atom. The molecule has 2 aromatic rings. The van der Waals surface area contributed by atoms with Crippen LogP contribution < -0.4 is 15.4 Å². The zero-order valence-electron chi connectivity index (χ0n) is 15.1. The third-order valence-electron chi connectivity index (χ3n) is 3.29. The van der Waals surface area contributed by atoms with Crippen molar-refractivity contribution in [2.45, 2.75) is 19.5 Å². The predicted octanol–water partition coefficient (Wildman–Crippen LogP) is 3.92. The zero-order chi connectivity index (χ0) is 19.9. The van der Waals surface area contributed by atoms with Crippen molar-refractivity contribution >= 4 is 52.9 Å². The van der Waals surface area contributed by atoms with E-state index in [0.29, 0.717) is 25.2 Å². The lowest BCUT2D eigenvalue weighted by molar-refractivity contribution is -0.137. The van der Waals surface area contributed by atoms with Crippen LogP contribution in [0.3, 0.4) is 0 Å². The normalized spacial score (nSPS) is 11.7. The number of rotatable bonds is 7. The molecule has 0 saturated carbocycles. The third kappa shape index (κ3) is 7.95. The minimum Gasteiger partial charge on any atom is -0.475 e. The van der Waals surface area contributed by atoms with E-state index in [-0.39, 0.29) is 41.5 Å². The number of nitrogens with zero attached hydrogens (tertiary/aromatic N) is 3. The van der Waals surface area contributed by atoms with Gasteiger partial charge in [0.15, 0.2) is 5.96 Å². The van der Waals surface area contributed by atoms with Crippen molar-refractivity contribution in [2.24, 2.45) is 4.99 Å². The van der Waals surface area contributed by atoms with E-state index >= 15 is 0 Å². The van der Waals surface area contributed by atoms with Gasteiger partial charge in [0.2, 0.25) is 5.88 Å². The summed E-state index contributed by atoms with van der Waals surface area (Å²) in [5.41, 5.74) is -0.919. The zero-order valence-corrected chi connectivity index (χ0v) is 19.0. The van der Waals surface area contributed by atoms with E-state index in [0.717, 1.165) is 17.5 Å². The number of hydrogen-bond donors (Lipinski definition) is 2. The van der Waals surface area contributed by atoms with E-state index in [1.807, 2.05) is 13.1 Å². The highest BCUT2D eigenvalue weighted by molar-refractivity contribution is 14.0. The van der Waals surface area contributed by atoms with Crippen molar-refractivity contribution in [3.8, 4) is 5.88 Å². The van der Waals surface area contributed by atoms with Crippen LogP contribution in [-0.4, -0.2) is 42.7 Å². The summed E-state index contributed by atoms with van der Waals surface area (Å²) in [6.45, 7) is 3.20. The van der Waals surface area contributed by atoms with Crippen LogP contribution in [0.15, 0.2) is 23.5 Å². The molecule has 2 N–H and O–H groups in total. The lowest BCUT2D eigenvalue weighted by atomic mass is 10.3. The van der Waals surface area contributed by atoms with Gasteiger partial charge in [0.05, 0.1) is 17.1 Å². The Bertz CT molecular complexity index is 788. The number of nitrogens with one attached hydrogen (secondary N) is 2. The lowest BCUT2D eigenvalue weighted by Gasteiger charge is -2.13. The number of pyridine rings is 1. The van der Waals surface area contributed by atoms with Gasteiger partial charge in [-0.25, -0.2) is 9.97 Å². The SMILES string of the molecule is CN=C(NCCOc1ncc(C(F)(F)F)cc1Cl)NCCc1ncc(C)s1.I. The molecule has 0 atom stereocenters. The number of aliphatic imine (C=N–C) groups is 1. The molecule has 28 heavy (non-hydrogen) atoms. The molecule has 0 aliphatic carbocycles. The molecule has 2 rings (SSSR count). The van der Waals surface area contributed by atoms with Gasteiger partial charge in [0.1, 0.15) is 11.6 Å². The second-order valence-corrected chi connectivity index (χ2v) is 7.12. The topological polar surface area (TPSA) is 71.4 Å². The highest BCUT2D eigenvalue weighted by atomic mass is 127. The van der Waals surface area contributed by atoms with Gasteiger partial charge in [-0.1, -0.05) is 11.6 Å². The first-order chi connectivity index (χ1) is 12.8. The van der Waals surface area contributed by atoms with Crippen molar-refractivity contribution in [1.82, 2.24) is 20.6 Å². The minimum atomic E-state index is -4.49. The lowest BCUT2D eigenvalue weighted by Crippen LogP contribution is -2.40. The molecule has 0 saturated heterocycles. The third-order valence-corrected chi connectivity index (χ3v) is 4.54. The summed E-state index contributed by atoms with van der Waals surface area (Å²) >= 11 is 7.43. The van der Waals surface area contributed by atoms with Gasteiger partial charge in [0, 0.05) is 37.3 Å². The van der Waals surface area contributed by atoms with Gasteiger partial charge in [-0.3, -0.25) is 4.99 Å². The van der Waals surface area contributed by atoms with Crippen LogP contribution in [0.25, 0.3) is 0 Å². The van der Waals surface area contributed by atoms with Crippen molar-refractivity contribution in [1.29, 1.82) is 0 Å². The molecule has 156 valence electrons. The van der Waals surface area contributed by atoms with Crippen LogP contribution in [-0.2, 0) is 12.6 Å². The summed E-state index contributed by atoms with van der Waals surface area (Å²) in [5, 5.41) is 7.03. The molecule has 0 spiro atoms. The minimum absolute atomic E-state index is 0. The van der Waals surface area contributed by atoms with E-state index in [1.54, 1.807) is 18.4 Å². The number of alkyl halides is 3. The number of hydrogen-bond acceptors (Lipinski definition) is 5. The van der Waals surface area contributed by atoms with Crippen LogP contribution in [0.2, 0.25) is 5.02 Å². The number of thiazole rings is 1. The van der Waals surface area contributed by atoms with Crippen LogP contribution in [0.1, 0.15) is 15.4 Å². The summed E-state index contributed by atoms with van der Waals surface area (Å²) in [7, 11) is 1.64. The molecular formula is C16H20ClF3IN5OS. The maximum atomic E-state index is 12.6. The Labute approximate surface area is 187 Å². The van der Waals surface area contributed by atoms with Gasteiger partial charge in [0.25, 0.3) is 0 Å². The summed E-state index contributed by atoms with van der Waals surface area (Å²) in [6.07, 6.45) is -1.19. The summed E-state index contributed by atoms with van der Waals surface area (Å²) in [6, 6.07) is 0.790. The van der Waals surface area contributed by atoms with Gasteiger partial charge in [-0.2, -0.15) is 13.2 Å². The summed E-state index contributed by atoms with van der Waals surface area (Å²) < 4.78 is 43.0. The maximum absolute atomic E-state index is 12.6. The van der Waals surface area contributed by atoms with Gasteiger partial charge >= 0.3 is 6.18 Å². The standard InChI is InChI=1S/C16H19ClF3N5OS.HI/c1-10-8-24-13(27-10)3-4-22-15(21-2)23-5-6-26-14-12(17)7-11(9-25-14)16(18,19)20;/h7-9H,3-6H2,1-2H3,(H2,21,22,23);1H. The number of ether oxygens (including phenoxy) is 1. The summed E-state index contributed by atoms with van der Waals surface area (Å²) in [5.74, 6) is 0.534. The van der Waals surface area contributed by atoms with Gasteiger partial charge in [-0.15, -0.1) is 35.3 Å². The van der Waals surface area contributed by atoms with E-state index in [9.17, 15) is 13.2 Å². The molecule has 0 aromatic carbocycles. The molecule has 12 heteroatoms. The van der Waals surface area contributed by atoms with Crippen LogP contribution in [0.5, 0.6) is 5.88 Å². The Morgan fingerprint density at radius 1 is 1.25 bits per heavy atom. The van der Waals surface area contributed by atoms with Crippen molar-refractivity contribution in [2.75, 3.05) is 26.7 Å². The molecule has 0 amide bonds. The van der Waals surface area contributed by atoms with Crippen molar-refractivity contribution in [3.63, 3.8) is 0 Å². The fraction of sp³-hybridized carbons (Fsp3) is 0.438. The van der Waals surface area contributed by atoms with Crippen molar-refractivity contribution in [3.05, 3.63) is 38.9 Å². The predicted molar refractivity (Wildman–Crippen MR) is 115 cm³/mol. The summed E-state index contributed by atoms with van der Waals surface area (Å²) in [4.78, 5) is 13.1. The molecule has 0 fully saturated rings. The molecule has 0 aliphatic heterocycles. The van der Waals surface area contributed by atoms with E-state index < -0.39 is 11.7 Å². The molecule has 2 aromatic heterocycles. The Kier molecular flexibility index (Phi) is 10.2. The smallest absolute Gasteiger partial charge is 0.417 e. The number of aromatic nitrogens is 2. The monoisotopic (exact) mass is 549 g/mol. The van der Waals surface area contributed by atoms with E-state index in [1.165, 1.54) is 4.88 Å². The molecule has 0 bridgehead atoms. The number of aryl methyl sites for hydroxylation is 1. The van der Waals surface area contributed by atoms with Crippen molar-refractivity contribution < 1.29 is 17.9 Å². The van der Waals surface area contributed by atoms with Gasteiger partial charge in [-0.05, 0) is 13.0 Å². The Hall–Kier alpha value is -1.34. The molecule has 0 radical (unpaired) electrons. The van der Waals surface area contributed by atoms with Crippen LogP contribution in [0.4, 0.5) is 13.2 Å². The molecule has 2 heterocycles. The fourth-order valence-electron chi connectivity index (χ4n) is 2.03. The Morgan fingerprint density at radius 2 is 1.96 bits per heavy atom. The molecule has 0 aliphatic rings. The first-order valence-corrected chi connectivity index (χ1v) is 9.20. The number of guanidine groups is 1. The average Bonchev–Trinajstić information content (AvgIpc) is 3.02. The largest absolute Gasteiger partial charge is 0.475 e. The maximum Gasteiger partial charge on any atom is 0.417 e. The quantitative estimate of drug-likeness (QED) is 0.237. The second-order valence-electron chi connectivity index (χ2n) is 5.40. The van der Waals surface area contributed by atoms with E-state index in [4.69, 9.17) is 16.3 Å². The highest BCUT2D eigenvalue weighted by Crippen LogP contribution is 2.32. The van der Waals surface area contributed by atoms with Crippen LogP contribution >= 0.6 is 46.9 Å². The highest BCUT2D eigenvalue weighted by Gasteiger charge is 2.31. The molecular weight excluding hydrogens is 530 g/mol. The second kappa shape index (κ2) is 11.6. The molecule has 6 nitrogen and oxygen atoms in total. The molecule has 0 unspecified atom stereocenters. The van der Waals surface area contributed by atoms with Crippen LogP contribution in [0, 0.1) is 6.92 Å². The van der Waals surface area contributed by atoms with E-state index in [2.05, 4.69) is 25.6 Å². The first-order valence-electron chi connectivity index (χ1n) is 8.01. The number of halogens is 5. The average molecular weight is 550 g/mol. The van der Waals surface area contributed by atoms with Gasteiger partial charge < -0.3 is 15.4 Å².